The van der Waals surface area contributed by atoms with Gasteiger partial charge in [-0.1, -0.05) is 48.0 Å². The maximum absolute atomic E-state index is 12.2. The lowest BCUT2D eigenvalue weighted by atomic mass is 10.1. The monoisotopic (exact) mass is 421 g/mol. The van der Waals surface area contributed by atoms with Crippen molar-refractivity contribution >= 4 is 21.9 Å². The number of hydrogen-bond donors (Lipinski definition) is 2. The van der Waals surface area contributed by atoms with Crippen LogP contribution in [-0.2, 0) is 16.4 Å². The summed E-state index contributed by atoms with van der Waals surface area (Å²) < 4.78 is 28.4. The van der Waals surface area contributed by atoms with Crippen molar-refractivity contribution in [2.45, 2.75) is 19.8 Å². The fourth-order valence-electron chi connectivity index (χ4n) is 2.91. The molecule has 1 heterocycles. The zero-order chi connectivity index (χ0) is 21.6. The van der Waals surface area contributed by atoms with Crippen molar-refractivity contribution in [2.75, 3.05) is 12.3 Å². The second-order valence-corrected chi connectivity index (χ2v) is 8.47. The fourth-order valence-corrected chi connectivity index (χ4v) is 3.77. The number of nitriles is 1. The number of para-hydroxylation sites is 1. The van der Waals surface area contributed by atoms with E-state index >= 15 is 0 Å². The Hall–Kier alpha value is -3.41. The summed E-state index contributed by atoms with van der Waals surface area (Å²) in [7, 11) is -3.55. The van der Waals surface area contributed by atoms with Gasteiger partial charge in [0.2, 0.25) is 10.0 Å². The van der Waals surface area contributed by atoms with E-state index in [2.05, 4.69) is 15.9 Å². The number of nitrogens with two attached hydrogens (primary N) is 1. The summed E-state index contributed by atoms with van der Waals surface area (Å²) in [5.74, 6) is 0.278. The number of aromatic nitrogens is 2. The van der Waals surface area contributed by atoms with Crippen LogP contribution in [-0.4, -0.2) is 24.7 Å². The third-order valence-electron chi connectivity index (χ3n) is 4.52. The van der Waals surface area contributed by atoms with Gasteiger partial charge in [0.1, 0.15) is 17.5 Å². The van der Waals surface area contributed by atoms with E-state index in [9.17, 15) is 13.7 Å². The molecule has 0 unspecified atom stereocenters. The second-order valence-electron chi connectivity index (χ2n) is 6.82. The topological polar surface area (TPSA) is 114 Å². The highest BCUT2D eigenvalue weighted by molar-refractivity contribution is 7.92. The minimum absolute atomic E-state index is 0.226. The van der Waals surface area contributed by atoms with Gasteiger partial charge in [-0.15, -0.1) is 0 Å². The van der Waals surface area contributed by atoms with Crippen LogP contribution in [0.5, 0.6) is 0 Å². The van der Waals surface area contributed by atoms with Crippen molar-refractivity contribution in [3.8, 4) is 11.8 Å². The number of rotatable bonds is 8. The first-order valence-corrected chi connectivity index (χ1v) is 11.0. The Morgan fingerprint density at radius 1 is 1.17 bits per heavy atom. The molecule has 7 nitrogen and oxygen atoms in total. The molecule has 0 aliphatic carbocycles. The highest BCUT2D eigenvalue weighted by Gasteiger charge is 2.16. The number of benzene rings is 2. The van der Waals surface area contributed by atoms with Crippen LogP contribution in [0.4, 0.5) is 5.82 Å². The van der Waals surface area contributed by atoms with Crippen molar-refractivity contribution in [2.24, 2.45) is 0 Å². The number of anilines is 1. The van der Waals surface area contributed by atoms with Crippen molar-refractivity contribution in [3.63, 3.8) is 0 Å². The first-order valence-electron chi connectivity index (χ1n) is 9.47. The van der Waals surface area contributed by atoms with Gasteiger partial charge in [0, 0.05) is 12.0 Å². The summed E-state index contributed by atoms with van der Waals surface area (Å²) in [6.45, 7) is 2.20. The first-order chi connectivity index (χ1) is 14.4. The van der Waals surface area contributed by atoms with Crippen molar-refractivity contribution in [3.05, 3.63) is 82.4 Å². The van der Waals surface area contributed by atoms with E-state index in [1.165, 1.54) is 4.68 Å². The standard InChI is InChI=1S/C22H23N5O2S/c1-17-9-11-18(12-10-17)13-15-30(28,29)25-14-5-8-21-20(16-23)22(24)27(26-21)19-6-3-2-4-7-19/h2-4,6-7,9-13,15,25H,5,8,14,24H2,1H3/b15-13+. The Morgan fingerprint density at radius 3 is 2.53 bits per heavy atom. The van der Waals surface area contributed by atoms with Gasteiger partial charge in [-0.05, 0) is 43.5 Å². The molecule has 0 radical (unpaired) electrons. The Bertz CT molecular complexity index is 1170. The number of aryl methyl sites for hydroxylation is 2. The fraction of sp³-hybridized carbons (Fsp3) is 0.182. The van der Waals surface area contributed by atoms with Crippen LogP contribution in [0.3, 0.4) is 0 Å². The number of nitrogens with zero attached hydrogens (tertiary/aromatic N) is 3. The predicted octanol–water partition coefficient (Wildman–Crippen LogP) is 3.16. The van der Waals surface area contributed by atoms with Crippen LogP contribution in [0.2, 0.25) is 0 Å². The Morgan fingerprint density at radius 2 is 1.87 bits per heavy atom. The molecule has 154 valence electrons. The zero-order valence-corrected chi connectivity index (χ0v) is 17.4. The molecule has 8 heteroatoms. The Kier molecular flexibility index (Phi) is 6.67. The summed E-state index contributed by atoms with van der Waals surface area (Å²) in [4.78, 5) is 0. The maximum Gasteiger partial charge on any atom is 0.233 e. The molecule has 0 amide bonds. The molecule has 0 bridgehead atoms. The summed E-state index contributed by atoms with van der Waals surface area (Å²) in [5, 5.41) is 15.0. The third kappa shape index (κ3) is 5.35. The molecule has 0 atom stereocenters. The molecule has 3 rings (SSSR count). The number of hydrogen-bond acceptors (Lipinski definition) is 5. The maximum atomic E-state index is 12.2. The summed E-state index contributed by atoms with van der Waals surface area (Å²) in [6, 6.07) is 19.0. The highest BCUT2D eigenvalue weighted by Crippen LogP contribution is 2.21. The Labute approximate surface area is 176 Å². The van der Waals surface area contributed by atoms with E-state index in [1.807, 2.05) is 61.5 Å². The van der Waals surface area contributed by atoms with E-state index in [0.717, 1.165) is 22.2 Å². The lowest BCUT2D eigenvalue weighted by Gasteiger charge is -2.03. The zero-order valence-electron chi connectivity index (χ0n) is 16.6. The summed E-state index contributed by atoms with van der Waals surface area (Å²) in [5.41, 5.74) is 9.64. The molecule has 0 fully saturated rings. The lowest BCUT2D eigenvalue weighted by molar-refractivity contribution is 0.588. The Balaban J connectivity index is 1.60. The molecule has 0 saturated carbocycles. The minimum atomic E-state index is -3.55. The molecule has 0 aliphatic heterocycles. The van der Waals surface area contributed by atoms with Crippen LogP contribution in [0.15, 0.2) is 60.0 Å². The van der Waals surface area contributed by atoms with Gasteiger partial charge in [0.15, 0.2) is 0 Å². The molecule has 1 aromatic heterocycles. The van der Waals surface area contributed by atoms with Gasteiger partial charge in [0.25, 0.3) is 0 Å². The molecule has 0 spiro atoms. The van der Waals surface area contributed by atoms with Crippen LogP contribution in [0.1, 0.15) is 28.8 Å². The van der Waals surface area contributed by atoms with Crippen molar-refractivity contribution < 1.29 is 8.42 Å². The average molecular weight is 422 g/mol. The van der Waals surface area contributed by atoms with Crippen molar-refractivity contribution in [1.29, 1.82) is 5.26 Å². The van der Waals surface area contributed by atoms with Gasteiger partial charge in [0.05, 0.1) is 11.4 Å². The molecule has 3 N–H and O–H groups in total. The molecule has 0 aliphatic rings. The SMILES string of the molecule is Cc1ccc(/C=C/S(=O)(=O)NCCCc2nn(-c3ccccc3)c(N)c2C#N)cc1. The lowest BCUT2D eigenvalue weighted by Crippen LogP contribution is -2.22. The minimum Gasteiger partial charge on any atom is -0.382 e. The number of sulfonamides is 1. The molecule has 2 aromatic carbocycles. The van der Waals surface area contributed by atoms with E-state index in [-0.39, 0.29) is 12.4 Å². The molecule has 0 saturated heterocycles. The number of nitrogens with one attached hydrogen (secondary N) is 1. The van der Waals surface area contributed by atoms with E-state index in [0.29, 0.717) is 24.1 Å². The summed E-state index contributed by atoms with van der Waals surface area (Å²) >= 11 is 0. The van der Waals surface area contributed by atoms with E-state index < -0.39 is 10.0 Å². The van der Waals surface area contributed by atoms with Gasteiger partial charge < -0.3 is 5.73 Å². The van der Waals surface area contributed by atoms with Gasteiger partial charge in [-0.25, -0.2) is 17.8 Å². The number of nitrogen functional groups attached to an aromatic ring is 1. The van der Waals surface area contributed by atoms with Crippen LogP contribution >= 0.6 is 0 Å². The smallest absolute Gasteiger partial charge is 0.233 e. The predicted molar refractivity (Wildman–Crippen MR) is 118 cm³/mol. The largest absolute Gasteiger partial charge is 0.382 e. The van der Waals surface area contributed by atoms with Gasteiger partial charge in [-0.2, -0.15) is 10.4 Å². The molecule has 3 aromatic rings. The van der Waals surface area contributed by atoms with E-state index in [4.69, 9.17) is 5.73 Å². The summed E-state index contributed by atoms with van der Waals surface area (Å²) in [6.07, 6.45) is 2.46. The normalized spacial score (nSPS) is 11.6. The first kappa shape index (κ1) is 21.3. The van der Waals surface area contributed by atoms with Crippen LogP contribution < -0.4 is 10.5 Å². The quantitative estimate of drug-likeness (QED) is 0.542. The third-order valence-corrected chi connectivity index (χ3v) is 5.62. The highest BCUT2D eigenvalue weighted by atomic mass is 32.2. The van der Waals surface area contributed by atoms with Gasteiger partial charge in [-0.3, -0.25) is 0 Å². The average Bonchev–Trinajstić information content (AvgIpc) is 3.07. The molecular weight excluding hydrogens is 398 g/mol. The van der Waals surface area contributed by atoms with Crippen LogP contribution in [0, 0.1) is 18.3 Å². The van der Waals surface area contributed by atoms with E-state index in [1.54, 1.807) is 6.08 Å². The second kappa shape index (κ2) is 9.39. The molecular formula is C22H23N5O2S. The van der Waals surface area contributed by atoms with Gasteiger partial charge >= 0.3 is 0 Å². The van der Waals surface area contributed by atoms with Crippen LogP contribution in [0.25, 0.3) is 11.8 Å². The molecule has 30 heavy (non-hydrogen) atoms. The van der Waals surface area contributed by atoms with Crippen molar-refractivity contribution in [1.82, 2.24) is 14.5 Å².